The van der Waals surface area contributed by atoms with Crippen LogP contribution < -0.4 is 5.32 Å². The lowest BCUT2D eigenvalue weighted by Gasteiger charge is -2.33. The zero-order valence-corrected chi connectivity index (χ0v) is 15.1. The molecule has 2 aromatic rings. The molecule has 25 heavy (non-hydrogen) atoms. The molecule has 1 aromatic carbocycles. The minimum Gasteiger partial charge on any atom is -0.360 e. The summed E-state index contributed by atoms with van der Waals surface area (Å²) >= 11 is 6.06. The summed E-state index contributed by atoms with van der Waals surface area (Å²) in [6, 6.07) is 9.26. The Morgan fingerprint density at radius 1 is 1.24 bits per heavy atom. The number of piperazine rings is 1. The van der Waals surface area contributed by atoms with Crippen LogP contribution in [0.5, 0.6) is 0 Å². The van der Waals surface area contributed by atoms with E-state index in [-0.39, 0.29) is 5.91 Å². The van der Waals surface area contributed by atoms with Crippen LogP contribution in [-0.2, 0) is 11.3 Å². The molecule has 0 unspecified atom stereocenters. The van der Waals surface area contributed by atoms with Crippen molar-refractivity contribution < 1.29 is 9.32 Å². The topological polar surface area (TPSA) is 61.6 Å². The maximum absolute atomic E-state index is 12.1. The van der Waals surface area contributed by atoms with Crippen LogP contribution in [0, 0.1) is 6.92 Å². The standard InChI is InChI=1S/C18H23ClN4O2/c1-14-12-15(25-21-14)13-23-10-8-22(9-11-23)7-6-18(24)20-17-5-3-2-4-16(17)19/h2-5,12H,6-11,13H2,1H3,(H,20,24). The molecular weight excluding hydrogens is 340 g/mol. The number of nitrogens with zero attached hydrogens (tertiary/aromatic N) is 3. The molecule has 1 fully saturated rings. The molecule has 1 saturated heterocycles. The number of hydrogen-bond donors (Lipinski definition) is 1. The number of carbonyl (C=O) groups excluding carboxylic acids is 1. The van der Waals surface area contributed by atoms with Crippen molar-refractivity contribution in [2.45, 2.75) is 19.9 Å². The Bertz CT molecular complexity index is 711. The third kappa shape index (κ3) is 5.29. The second kappa shape index (κ2) is 8.47. The van der Waals surface area contributed by atoms with Gasteiger partial charge in [0.05, 0.1) is 22.9 Å². The first-order valence-corrected chi connectivity index (χ1v) is 8.89. The molecular formula is C18H23ClN4O2. The minimum absolute atomic E-state index is 0.00679. The predicted octanol–water partition coefficient (Wildman–Crippen LogP) is 2.78. The number of aryl methyl sites for hydroxylation is 1. The summed E-state index contributed by atoms with van der Waals surface area (Å²) < 4.78 is 5.27. The number of carbonyl (C=O) groups is 1. The average Bonchev–Trinajstić information content (AvgIpc) is 3.01. The quantitative estimate of drug-likeness (QED) is 0.856. The lowest BCUT2D eigenvalue weighted by molar-refractivity contribution is -0.116. The van der Waals surface area contributed by atoms with Gasteiger partial charge in [-0.1, -0.05) is 28.9 Å². The summed E-state index contributed by atoms with van der Waals surface area (Å²) in [6.45, 7) is 7.31. The summed E-state index contributed by atoms with van der Waals surface area (Å²) in [4.78, 5) is 16.8. The molecule has 7 heteroatoms. The Labute approximate surface area is 152 Å². The van der Waals surface area contributed by atoms with E-state index in [0.717, 1.165) is 50.7 Å². The van der Waals surface area contributed by atoms with Crippen LogP contribution in [0.15, 0.2) is 34.9 Å². The van der Waals surface area contributed by atoms with Gasteiger partial charge in [0.2, 0.25) is 5.91 Å². The Balaban J connectivity index is 1.37. The van der Waals surface area contributed by atoms with E-state index in [1.807, 2.05) is 31.2 Å². The van der Waals surface area contributed by atoms with Gasteiger partial charge in [-0.25, -0.2) is 0 Å². The monoisotopic (exact) mass is 362 g/mol. The average molecular weight is 363 g/mol. The fraction of sp³-hybridized carbons (Fsp3) is 0.444. The molecule has 1 aliphatic rings. The van der Waals surface area contributed by atoms with Crippen LogP contribution in [0.25, 0.3) is 0 Å². The number of aromatic nitrogens is 1. The number of rotatable bonds is 6. The zero-order valence-electron chi connectivity index (χ0n) is 14.4. The zero-order chi connectivity index (χ0) is 17.6. The Kier molecular flexibility index (Phi) is 6.07. The van der Waals surface area contributed by atoms with Crippen LogP contribution in [0.2, 0.25) is 5.02 Å². The van der Waals surface area contributed by atoms with E-state index in [9.17, 15) is 4.79 Å². The predicted molar refractivity (Wildman–Crippen MR) is 97.7 cm³/mol. The van der Waals surface area contributed by atoms with Gasteiger partial charge < -0.3 is 14.7 Å². The van der Waals surface area contributed by atoms with Gasteiger partial charge in [-0.2, -0.15) is 0 Å². The van der Waals surface area contributed by atoms with Crippen LogP contribution in [0.4, 0.5) is 5.69 Å². The largest absolute Gasteiger partial charge is 0.360 e. The maximum Gasteiger partial charge on any atom is 0.225 e. The number of nitrogens with one attached hydrogen (secondary N) is 1. The summed E-state index contributed by atoms with van der Waals surface area (Å²) in [6.07, 6.45) is 0.465. The summed E-state index contributed by atoms with van der Waals surface area (Å²) in [5.41, 5.74) is 1.58. The molecule has 3 rings (SSSR count). The molecule has 6 nitrogen and oxygen atoms in total. The SMILES string of the molecule is Cc1cc(CN2CCN(CCC(=O)Nc3ccccc3Cl)CC2)on1. The van der Waals surface area contributed by atoms with Crippen molar-refractivity contribution in [2.75, 3.05) is 38.0 Å². The number of halogens is 1. The number of hydrogen-bond acceptors (Lipinski definition) is 5. The van der Waals surface area contributed by atoms with E-state index in [4.69, 9.17) is 16.1 Å². The van der Waals surface area contributed by atoms with Crippen LogP contribution >= 0.6 is 11.6 Å². The fourth-order valence-corrected chi connectivity index (χ4v) is 3.10. The summed E-state index contributed by atoms with van der Waals surface area (Å²) in [5, 5.41) is 7.35. The molecule has 0 saturated carbocycles. The van der Waals surface area contributed by atoms with Gasteiger partial charge >= 0.3 is 0 Å². The Hall–Kier alpha value is -1.89. The highest BCUT2D eigenvalue weighted by molar-refractivity contribution is 6.33. The smallest absolute Gasteiger partial charge is 0.225 e. The van der Waals surface area contributed by atoms with Crippen molar-refractivity contribution in [1.29, 1.82) is 0 Å². The van der Waals surface area contributed by atoms with Crippen LogP contribution in [0.1, 0.15) is 17.9 Å². The third-order valence-corrected chi connectivity index (χ3v) is 4.65. The van der Waals surface area contributed by atoms with Crippen molar-refractivity contribution >= 4 is 23.2 Å². The highest BCUT2D eigenvalue weighted by atomic mass is 35.5. The van der Waals surface area contributed by atoms with Crippen molar-refractivity contribution in [3.05, 3.63) is 46.8 Å². The first-order valence-electron chi connectivity index (χ1n) is 8.51. The van der Waals surface area contributed by atoms with Crippen LogP contribution in [0.3, 0.4) is 0 Å². The maximum atomic E-state index is 12.1. The van der Waals surface area contributed by atoms with Gasteiger partial charge in [0.15, 0.2) is 5.76 Å². The van der Waals surface area contributed by atoms with Gasteiger partial charge in [0.25, 0.3) is 0 Å². The van der Waals surface area contributed by atoms with Crippen molar-refractivity contribution in [3.8, 4) is 0 Å². The summed E-state index contributed by atoms with van der Waals surface area (Å²) in [7, 11) is 0. The Morgan fingerprint density at radius 3 is 2.64 bits per heavy atom. The molecule has 2 heterocycles. The highest BCUT2D eigenvalue weighted by Crippen LogP contribution is 2.20. The van der Waals surface area contributed by atoms with E-state index in [1.54, 1.807) is 6.07 Å². The van der Waals surface area contributed by atoms with Crippen LogP contribution in [-0.4, -0.2) is 53.6 Å². The normalized spacial score (nSPS) is 16.1. The van der Waals surface area contributed by atoms with E-state index in [0.29, 0.717) is 17.1 Å². The fourth-order valence-electron chi connectivity index (χ4n) is 2.92. The molecule has 0 spiro atoms. The lowest BCUT2D eigenvalue weighted by atomic mass is 10.2. The van der Waals surface area contributed by atoms with Gasteiger partial charge in [-0.15, -0.1) is 0 Å². The van der Waals surface area contributed by atoms with E-state index >= 15 is 0 Å². The van der Waals surface area contributed by atoms with E-state index in [2.05, 4.69) is 20.3 Å². The van der Waals surface area contributed by atoms with Gasteiger partial charge in [0, 0.05) is 45.2 Å². The number of anilines is 1. The van der Waals surface area contributed by atoms with Gasteiger partial charge in [0.1, 0.15) is 0 Å². The number of benzene rings is 1. The minimum atomic E-state index is -0.00679. The number of amides is 1. The molecule has 134 valence electrons. The molecule has 1 aromatic heterocycles. The van der Waals surface area contributed by atoms with Crippen molar-refractivity contribution in [2.24, 2.45) is 0 Å². The molecule has 1 amide bonds. The van der Waals surface area contributed by atoms with E-state index in [1.165, 1.54) is 0 Å². The molecule has 1 N–H and O–H groups in total. The molecule has 0 radical (unpaired) electrons. The molecule has 0 aliphatic carbocycles. The first kappa shape index (κ1) is 17.9. The Morgan fingerprint density at radius 2 is 1.96 bits per heavy atom. The molecule has 0 bridgehead atoms. The number of para-hydroxylation sites is 1. The van der Waals surface area contributed by atoms with Crippen molar-refractivity contribution in [1.82, 2.24) is 15.0 Å². The second-order valence-electron chi connectivity index (χ2n) is 6.33. The molecule has 1 aliphatic heterocycles. The highest BCUT2D eigenvalue weighted by Gasteiger charge is 2.19. The second-order valence-corrected chi connectivity index (χ2v) is 6.74. The third-order valence-electron chi connectivity index (χ3n) is 4.32. The van der Waals surface area contributed by atoms with Gasteiger partial charge in [-0.3, -0.25) is 9.69 Å². The summed E-state index contributed by atoms with van der Waals surface area (Å²) in [5.74, 6) is 0.901. The molecule has 0 atom stereocenters. The van der Waals surface area contributed by atoms with Gasteiger partial charge in [-0.05, 0) is 19.1 Å². The lowest BCUT2D eigenvalue weighted by Crippen LogP contribution is -2.46. The van der Waals surface area contributed by atoms with Crippen molar-refractivity contribution in [3.63, 3.8) is 0 Å². The van der Waals surface area contributed by atoms with E-state index < -0.39 is 0 Å². The first-order chi connectivity index (χ1) is 12.1.